The maximum atomic E-state index is 10.2. The average Bonchev–Trinajstić information content (AvgIpc) is 2.34. The summed E-state index contributed by atoms with van der Waals surface area (Å²) < 4.78 is 0. The predicted molar refractivity (Wildman–Crippen MR) is 39.5 cm³/mol. The minimum absolute atomic E-state index is 0.101. The van der Waals surface area contributed by atoms with Gasteiger partial charge in [0.1, 0.15) is 0 Å². The predicted octanol–water partition coefficient (Wildman–Crippen LogP) is -0.779. The molecule has 0 radical (unpaired) electrons. The lowest BCUT2D eigenvalue weighted by atomic mass is 10.3. The first-order chi connectivity index (χ1) is 5.22. The molecular weight excluding hydrogens is 146 g/mol. The Hall–Kier alpha value is -0.650. The van der Waals surface area contributed by atoms with Gasteiger partial charge in [-0.3, -0.25) is 10.1 Å². The van der Waals surface area contributed by atoms with Crippen molar-refractivity contribution in [3.8, 4) is 0 Å². The molecule has 0 amide bonds. The van der Waals surface area contributed by atoms with Gasteiger partial charge in [0.15, 0.2) is 0 Å². The van der Waals surface area contributed by atoms with Gasteiger partial charge in [0.05, 0.1) is 18.8 Å². The van der Waals surface area contributed by atoms with Crippen molar-refractivity contribution >= 4 is 5.97 Å². The second-order valence-electron chi connectivity index (χ2n) is 2.57. The zero-order valence-electron chi connectivity index (χ0n) is 6.42. The number of carboxylic acids is 1. The standard InChI is InChI=1S/C6H13N3O2/c1-2-4-7-5(9-8-4)3-6(10)11/h4-5,7-9H,2-3H2,1H3,(H,10,11). The Kier molecular flexibility index (Phi) is 2.81. The molecule has 1 aliphatic rings. The SMILES string of the molecule is CCC1NNC(CC(=O)O)N1. The van der Waals surface area contributed by atoms with Gasteiger partial charge in [-0.05, 0) is 6.42 Å². The van der Waals surface area contributed by atoms with Crippen LogP contribution in [0.1, 0.15) is 19.8 Å². The lowest BCUT2D eigenvalue weighted by Gasteiger charge is -2.07. The van der Waals surface area contributed by atoms with Crippen molar-refractivity contribution in [3.05, 3.63) is 0 Å². The zero-order chi connectivity index (χ0) is 8.27. The summed E-state index contributed by atoms with van der Waals surface area (Å²) in [6, 6.07) is 0. The van der Waals surface area contributed by atoms with Crippen LogP contribution in [-0.4, -0.2) is 23.4 Å². The number of hydrogen-bond donors (Lipinski definition) is 4. The third-order valence-corrected chi connectivity index (χ3v) is 1.62. The molecule has 1 rings (SSSR count). The smallest absolute Gasteiger partial charge is 0.306 e. The van der Waals surface area contributed by atoms with Crippen LogP contribution in [0.2, 0.25) is 0 Å². The fourth-order valence-electron chi connectivity index (χ4n) is 1.03. The Labute approximate surface area is 65.1 Å². The molecule has 0 bridgehead atoms. The molecule has 5 nitrogen and oxygen atoms in total. The first-order valence-corrected chi connectivity index (χ1v) is 3.71. The quantitative estimate of drug-likeness (QED) is 0.435. The summed E-state index contributed by atoms with van der Waals surface area (Å²) in [4.78, 5) is 10.2. The normalized spacial score (nSPS) is 30.6. The Balaban J connectivity index is 2.24. The van der Waals surface area contributed by atoms with Gasteiger partial charge in [-0.25, -0.2) is 10.9 Å². The van der Waals surface area contributed by atoms with Gasteiger partial charge in [0.25, 0.3) is 0 Å². The number of carboxylic acid groups (broad SMARTS) is 1. The van der Waals surface area contributed by atoms with E-state index in [9.17, 15) is 4.79 Å². The first-order valence-electron chi connectivity index (χ1n) is 3.71. The van der Waals surface area contributed by atoms with Crippen molar-refractivity contribution in [2.24, 2.45) is 0 Å². The van der Waals surface area contributed by atoms with Crippen LogP contribution in [0.3, 0.4) is 0 Å². The van der Waals surface area contributed by atoms with Gasteiger partial charge in [-0.2, -0.15) is 0 Å². The van der Waals surface area contributed by atoms with Crippen molar-refractivity contribution in [1.29, 1.82) is 0 Å². The van der Waals surface area contributed by atoms with Crippen LogP contribution >= 0.6 is 0 Å². The highest BCUT2D eigenvalue weighted by atomic mass is 16.4. The average molecular weight is 159 g/mol. The van der Waals surface area contributed by atoms with Gasteiger partial charge >= 0.3 is 5.97 Å². The second kappa shape index (κ2) is 3.66. The molecule has 11 heavy (non-hydrogen) atoms. The number of aliphatic carboxylic acids is 1. The highest BCUT2D eigenvalue weighted by Gasteiger charge is 2.22. The molecule has 1 saturated heterocycles. The minimum Gasteiger partial charge on any atom is -0.481 e. The van der Waals surface area contributed by atoms with Crippen molar-refractivity contribution in [2.75, 3.05) is 0 Å². The lowest BCUT2D eigenvalue weighted by Crippen LogP contribution is -2.35. The second-order valence-corrected chi connectivity index (χ2v) is 2.57. The van der Waals surface area contributed by atoms with Crippen molar-refractivity contribution in [2.45, 2.75) is 32.1 Å². The molecule has 1 heterocycles. The number of nitrogens with one attached hydrogen (secondary N) is 3. The number of hydrazine groups is 1. The van der Waals surface area contributed by atoms with E-state index < -0.39 is 5.97 Å². The van der Waals surface area contributed by atoms with Crippen molar-refractivity contribution in [3.63, 3.8) is 0 Å². The van der Waals surface area contributed by atoms with E-state index in [0.717, 1.165) is 6.42 Å². The fourth-order valence-corrected chi connectivity index (χ4v) is 1.03. The van der Waals surface area contributed by atoms with Crippen LogP contribution in [0.15, 0.2) is 0 Å². The zero-order valence-corrected chi connectivity index (χ0v) is 6.42. The van der Waals surface area contributed by atoms with Crippen LogP contribution in [0.4, 0.5) is 0 Å². The summed E-state index contributed by atoms with van der Waals surface area (Å²) in [5.41, 5.74) is 5.78. The highest BCUT2D eigenvalue weighted by molar-refractivity contribution is 5.67. The minimum atomic E-state index is -0.798. The molecular formula is C6H13N3O2. The number of rotatable bonds is 3. The number of carbonyl (C=O) groups is 1. The topological polar surface area (TPSA) is 73.4 Å². The van der Waals surface area contributed by atoms with Crippen molar-refractivity contribution in [1.82, 2.24) is 16.2 Å². The summed E-state index contributed by atoms with van der Waals surface area (Å²) in [5.74, 6) is -0.798. The summed E-state index contributed by atoms with van der Waals surface area (Å²) in [5, 5.41) is 11.5. The van der Waals surface area contributed by atoms with E-state index in [-0.39, 0.29) is 18.8 Å². The van der Waals surface area contributed by atoms with Crippen LogP contribution in [0.25, 0.3) is 0 Å². The molecule has 5 heteroatoms. The van der Waals surface area contributed by atoms with E-state index in [4.69, 9.17) is 5.11 Å². The summed E-state index contributed by atoms with van der Waals surface area (Å²) in [6.45, 7) is 2.02. The molecule has 2 unspecified atom stereocenters. The molecule has 2 atom stereocenters. The molecule has 0 saturated carbocycles. The number of hydrogen-bond acceptors (Lipinski definition) is 4. The van der Waals surface area contributed by atoms with E-state index in [1.54, 1.807) is 0 Å². The largest absolute Gasteiger partial charge is 0.481 e. The van der Waals surface area contributed by atoms with Gasteiger partial charge in [-0.15, -0.1) is 0 Å². The Morgan fingerprint density at radius 2 is 2.09 bits per heavy atom. The van der Waals surface area contributed by atoms with Crippen LogP contribution < -0.4 is 16.2 Å². The summed E-state index contributed by atoms with van der Waals surface area (Å²) in [6.07, 6.45) is 1.09. The molecule has 1 fully saturated rings. The van der Waals surface area contributed by atoms with Crippen LogP contribution in [0.5, 0.6) is 0 Å². The van der Waals surface area contributed by atoms with Gasteiger partial charge in [0, 0.05) is 0 Å². The first kappa shape index (κ1) is 8.45. The third-order valence-electron chi connectivity index (χ3n) is 1.62. The monoisotopic (exact) mass is 159 g/mol. The molecule has 64 valence electrons. The Morgan fingerprint density at radius 3 is 2.55 bits per heavy atom. The molecule has 0 aromatic carbocycles. The summed E-state index contributed by atoms with van der Waals surface area (Å²) >= 11 is 0. The maximum Gasteiger partial charge on any atom is 0.306 e. The van der Waals surface area contributed by atoms with E-state index in [1.165, 1.54) is 0 Å². The van der Waals surface area contributed by atoms with Gasteiger partial charge < -0.3 is 5.11 Å². The Morgan fingerprint density at radius 1 is 1.45 bits per heavy atom. The third kappa shape index (κ3) is 2.45. The highest BCUT2D eigenvalue weighted by Crippen LogP contribution is 1.97. The lowest BCUT2D eigenvalue weighted by molar-refractivity contribution is -0.137. The molecule has 0 aromatic rings. The van der Waals surface area contributed by atoms with Crippen molar-refractivity contribution < 1.29 is 9.90 Å². The molecule has 0 aliphatic carbocycles. The van der Waals surface area contributed by atoms with E-state index in [0.29, 0.717) is 0 Å². The van der Waals surface area contributed by atoms with Gasteiger partial charge in [0.2, 0.25) is 0 Å². The Bertz CT molecular complexity index is 151. The fraction of sp³-hybridized carbons (Fsp3) is 0.833. The van der Waals surface area contributed by atoms with Crippen LogP contribution in [0, 0.1) is 0 Å². The molecule has 1 aliphatic heterocycles. The van der Waals surface area contributed by atoms with E-state index >= 15 is 0 Å². The van der Waals surface area contributed by atoms with Crippen LogP contribution in [-0.2, 0) is 4.79 Å². The molecule has 0 aromatic heterocycles. The molecule has 4 N–H and O–H groups in total. The van der Waals surface area contributed by atoms with Gasteiger partial charge in [-0.1, -0.05) is 6.92 Å². The van der Waals surface area contributed by atoms with E-state index in [2.05, 4.69) is 16.2 Å². The maximum absolute atomic E-state index is 10.2. The molecule has 0 spiro atoms. The van der Waals surface area contributed by atoms with E-state index in [1.807, 2.05) is 6.92 Å². The summed E-state index contributed by atoms with van der Waals surface area (Å²) in [7, 11) is 0.